The lowest BCUT2D eigenvalue weighted by molar-refractivity contribution is -0.881. The third kappa shape index (κ3) is 5.76. The summed E-state index contributed by atoms with van der Waals surface area (Å²) in [7, 11) is 5.22. The van der Waals surface area contributed by atoms with E-state index >= 15 is 0 Å². The van der Waals surface area contributed by atoms with Crippen molar-refractivity contribution >= 4 is 23.3 Å². The molecule has 3 aromatic rings. The van der Waals surface area contributed by atoms with E-state index in [9.17, 15) is 28.0 Å². The summed E-state index contributed by atoms with van der Waals surface area (Å²) in [5.74, 6) is -0.788. The lowest BCUT2D eigenvalue weighted by atomic mass is 9.89. The largest absolute Gasteiger partial charge is 0.466 e. The average Bonchev–Trinajstić information content (AvgIpc) is 3.63. The molecule has 1 N–H and O–H groups in total. The summed E-state index contributed by atoms with van der Waals surface area (Å²) in [5.41, 5.74) is 1.17. The number of esters is 1. The number of fused-ring (bicyclic) bond motifs is 1. The molecule has 0 amide bonds. The molecule has 15 heteroatoms. The first-order valence-electron chi connectivity index (χ1n) is 13.5. The number of nitriles is 1. The Balaban J connectivity index is 1.65. The Kier molecular flexibility index (Phi) is 7.96. The predicted octanol–water partition coefficient (Wildman–Crippen LogP) is 4.09. The summed E-state index contributed by atoms with van der Waals surface area (Å²) in [6, 6.07) is 10.6. The lowest BCUT2D eigenvalue weighted by Gasteiger charge is -2.36. The molecular weight excluding hydrogens is 579 g/mol. The van der Waals surface area contributed by atoms with E-state index in [4.69, 9.17) is 4.74 Å². The van der Waals surface area contributed by atoms with Crippen LogP contribution in [0.3, 0.4) is 0 Å². The number of hydrogen-bond donors (Lipinski definition) is 1. The van der Waals surface area contributed by atoms with Crippen LogP contribution in [0.15, 0.2) is 74.0 Å². The molecule has 0 fully saturated rings. The summed E-state index contributed by atoms with van der Waals surface area (Å²) < 4.78 is 47.8. The number of likely N-dealkylation sites (N-methyl/N-ethyl adjacent to an activating group) is 1. The van der Waals surface area contributed by atoms with Crippen molar-refractivity contribution in [3.05, 3.63) is 86.5 Å². The van der Waals surface area contributed by atoms with Crippen LogP contribution in [0.5, 0.6) is 0 Å². The van der Waals surface area contributed by atoms with Gasteiger partial charge < -0.3 is 9.22 Å². The van der Waals surface area contributed by atoms with Gasteiger partial charge in [-0.2, -0.15) is 23.5 Å². The molecule has 0 unspecified atom stereocenters. The highest BCUT2D eigenvalue weighted by molar-refractivity contribution is 5.93. The highest BCUT2D eigenvalue weighted by Gasteiger charge is 2.41. The number of hydrogen-bond acceptors (Lipinski definition) is 9. The summed E-state index contributed by atoms with van der Waals surface area (Å²) in [5, 5.41) is 27.9. The molecule has 0 bridgehead atoms. The van der Waals surface area contributed by atoms with Gasteiger partial charge in [-0.05, 0) is 53.6 Å². The Bertz CT molecular complexity index is 1810. The molecule has 0 aliphatic carbocycles. The number of quaternary nitrogens is 1. The molecule has 228 valence electrons. The Morgan fingerprint density at radius 2 is 2.00 bits per heavy atom. The molecule has 12 nitrogen and oxygen atoms in total. The Morgan fingerprint density at radius 1 is 1.23 bits per heavy atom. The van der Waals surface area contributed by atoms with Crippen molar-refractivity contribution in [3.63, 3.8) is 0 Å². The number of benzene rings is 2. The van der Waals surface area contributed by atoms with Crippen molar-refractivity contribution in [1.29, 1.82) is 5.26 Å². The minimum Gasteiger partial charge on any atom is -0.466 e. The number of nitrogens with zero attached hydrogens (tertiary/aromatic N) is 8. The van der Waals surface area contributed by atoms with Crippen LogP contribution in [0.4, 0.5) is 24.8 Å². The van der Waals surface area contributed by atoms with Crippen LogP contribution in [0, 0.1) is 11.3 Å². The van der Waals surface area contributed by atoms with Gasteiger partial charge in [0.2, 0.25) is 5.95 Å². The number of rotatable bonds is 8. The Hall–Kier alpha value is -5.10. The molecule has 0 saturated heterocycles. The van der Waals surface area contributed by atoms with E-state index in [1.165, 1.54) is 28.7 Å². The van der Waals surface area contributed by atoms with Crippen molar-refractivity contribution in [1.82, 2.24) is 14.8 Å². The number of allylic oxidation sites excluding steroid dienone is 1. The Labute approximate surface area is 250 Å². The van der Waals surface area contributed by atoms with E-state index in [2.05, 4.69) is 31.7 Å². The zero-order valence-corrected chi connectivity index (χ0v) is 24.4. The van der Waals surface area contributed by atoms with Gasteiger partial charge in [0, 0.05) is 17.8 Å². The molecule has 44 heavy (non-hydrogen) atoms. The number of alkyl halides is 3. The third-order valence-electron chi connectivity index (χ3n) is 7.65. The molecule has 0 saturated carbocycles. The van der Waals surface area contributed by atoms with E-state index < -0.39 is 29.4 Å². The standard InChI is InChI=1S/C29H28F3N9O3/c1-17-24(26(42)44-4)25(40-27(36-37-28(40)43)39(17)22-7-5-6-20(13-22)29(30,31)32)23-9-8-18(14-33)12-19(23)10-11-41(2,3)16-21-15-34-38-35-21/h5-9,12-13,25H,10-11,15-16H2,1-4H3/p+1/t25-/m1/s1. The van der Waals surface area contributed by atoms with Crippen molar-refractivity contribution in [2.75, 3.05) is 45.7 Å². The fraction of sp³-hybridized carbons (Fsp3) is 0.345. The smallest absolute Gasteiger partial charge is 0.416 e. The quantitative estimate of drug-likeness (QED) is 0.302. The molecular formula is C29H29F3N9O3+. The minimum atomic E-state index is -4.63. The van der Waals surface area contributed by atoms with E-state index in [0.717, 1.165) is 17.8 Å². The molecule has 1 atom stereocenters. The molecule has 2 aromatic carbocycles. The second-order valence-electron chi connectivity index (χ2n) is 11.1. The minimum absolute atomic E-state index is 0.0114. The van der Waals surface area contributed by atoms with Gasteiger partial charge >= 0.3 is 17.8 Å². The number of ether oxygens (including phenoxy) is 1. The number of halogens is 3. The second kappa shape index (κ2) is 11.5. The molecule has 3 heterocycles. The van der Waals surface area contributed by atoms with E-state index in [0.29, 0.717) is 47.2 Å². The highest BCUT2D eigenvalue weighted by Crippen LogP contribution is 2.43. The number of H-pyrrole nitrogens is 1. The number of aromatic nitrogens is 3. The first-order chi connectivity index (χ1) is 20.8. The van der Waals surface area contributed by atoms with Crippen molar-refractivity contribution in [2.45, 2.75) is 25.6 Å². The number of anilines is 2. The van der Waals surface area contributed by atoms with Gasteiger partial charge in [-0.1, -0.05) is 12.1 Å². The van der Waals surface area contributed by atoms with Gasteiger partial charge in [0.05, 0.1) is 50.5 Å². The van der Waals surface area contributed by atoms with Crippen LogP contribution in [0.2, 0.25) is 0 Å². The van der Waals surface area contributed by atoms with Gasteiger partial charge in [-0.25, -0.2) is 19.3 Å². The maximum absolute atomic E-state index is 13.6. The first kappa shape index (κ1) is 30.4. The summed E-state index contributed by atoms with van der Waals surface area (Å²) in [4.78, 5) is 28.1. The number of aromatic amines is 1. The van der Waals surface area contributed by atoms with Crippen LogP contribution in [-0.2, 0) is 22.1 Å². The molecule has 0 radical (unpaired) electrons. The number of carbonyl (C=O) groups is 1. The molecule has 0 spiro atoms. The maximum Gasteiger partial charge on any atom is 0.416 e. The molecule has 2 aliphatic heterocycles. The van der Waals surface area contributed by atoms with E-state index in [1.807, 2.05) is 14.1 Å². The van der Waals surface area contributed by atoms with Gasteiger partial charge in [-0.15, -0.1) is 10.2 Å². The molecule has 2 aliphatic rings. The van der Waals surface area contributed by atoms with Crippen LogP contribution in [-0.4, -0.2) is 71.8 Å². The van der Waals surface area contributed by atoms with Crippen LogP contribution >= 0.6 is 0 Å². The average molecular weight is 609 g/mol. The van der Waals surface area contributed by atoms with E-state index in [-0.39, 0.29) is 22.9 Å². The number of carbonyl (C=O) groups excluding carboxylic acids is 1. The third-order valence-corrected chi connectivity index (χ3v) is 7.65. The summed E-state index contributed by atoms with van der Waals surface area (Å²) in [6.07, 6.45) is -4.18. The zero-order valence-electron chi connectivity index (χ0n) is 24.4. The Morgan fingerprint density at radius 3 is 2.66 bits per heavy atom. The molecule has 1 aromatic heterocycles. The number of methoxy groups -OCH3 is 1. The number of nitrogens with one attached hydrogen (secondary N) is 1. The van der Waals surface area contributed by atoms with E-state index in [1.54, 1.807) is 25.1 Å². The SMILES string of the molecule is COC(=O)C1=C(C)N(c2cccc(C(F)(F)F)c2)c2n[nH]c(=O)n2[C@@H]1c1ccc(C#N)cc1CC[N+](C)(C)CC1=NN=NC1. The normalized spacial score (nSPS) is 16.5. The van der Waals surface area contributed by atoms with Gasteiger partial charge in [0.1, 0.15) is 24.8 Å². The maximum atomic E-state index is 13.6. The fourth-order valence-corrected chi connectivity index (χ4v) is 5.55. The van der Waals surface area contributed by atoms with Crippen LogP contribution < -0.4 is 10.6 Å². The van der Waals surface area contributed by atoms with Crippen molar-refractivity contribution in [3.8, 4) is 6.07 Å². The zero-order chi connectivity index (χ0) is 31.8. The monoisotopic (exact) mass is 608 g/mol. The topological polar surface area (TPSA) is 141 Å². The second-order valence-corrected chi connectivity index (χ2v) is 11.1. The van der Waals surface area contributed by atoms with Crippen molar-refractivity contribution in [2.24, 2.45) is 15.4 Å². The van der Waals surface area contributed by atoms with Gasteiger partial charge in [0.15, 0.2) is 0 Å². The van der Waals surface area contributed by atoms with Gasteiger partial charge in [0.25, 0.3) is 0 Å². The van der Waals surface area contributed by atoms with Crippen LogP contribution in [0.25, 0.3) is 0 Å². The highest BCUT2D eigenvalue weighted by atomic mass is 19.4. The summed E-state index contributed by atoms with van der Waals surface area (Å²) >= 11 is 0. The molecule has 5 rings (SSSR count). The predicted molar refractivity (Wildman–Crippen MR) is 153 cm³/mol. The van der Waals surface area contributed by atoms with Crippen LogP contribution in [0.1, 0.15) is 35.2 Å². The summed E-state index contributed by atoms with van der Waals surface area (Å²) in [6.45, 7) is 3.17. The van der Waals surface area contributed by atoms with Gasteiger partial charge in [-0.3, -0.25) is 4.90 Å². The lowest BCUT2D eigenvalue weighted by Crippen LogP contribution is -2.45. The van der Waals surface area contributed by atoms with Crippen molar-refractivity contribution < 1.29 is 27.2 Å². The first-order valence-corrected chi connectivity index (χ1v) is 13.5. The fourth-order valence-electron chi connectivity index (χ4n) is 5.55.